The van der Waals surface area contributed by atoms with E-state index in [9.17, 15) is 0 Å². The fourth-order valence-corrected chi connectivity index (χ4v) is 17.2. The Labute approximate surface area is 405 Å². The van der Waals surface area contributed by atoms with Crippen molar-refractivity contribution < 1.29 is 31.3 Å². The molecule has 0 aromatic heterocycles. The van der Waals surface area contributed by atoms with Gasteiger partial charge < -0.3 is 14.2 Å². The Kier molecular flexibility index (Phi) is 21.0. The molecule has 2 aromatic carbocycles. The van der Waals surface area contributed by atoms with Crippen molar-refractivity contribution >= 4 is 17.2 Å². The molecule has 5 atom stereocenters. The molecular weight excluding hydrogens is 850 g/mol. The van der Waals surface area contributed by atoms with Gasteiger partial charge in [-0.2, -0.15) is 34.9 Å². The van der Waals surface area contributed by atoms with Crippen LogP contribution in [0.25, 0.3) is 0 Å². The molecule has 0 radical (unpaired) electrons. The van der Waals surface area contributed by atoms with Gasteiger partial charge in [0, 0.05) is 18.3 Å². The molecule has 4 bridgehead atoms. The maximum absolute atomic E-state index is 7.32. The average Bonchev–Trinajstić information content (AvgIpc) is 3.78. The first-order chi connectivity index (χ1) is 28.6. The number of rotatable bonds is 22. The smallest absolute Gasteiger partial charge is 0.344 e. The van der Waals surface area contributed by atoms with Crippen molar-refractivity contribution in [2.75, 3.05) is 6.16 Å². The van der Waals surface area contributed by atoms with Crippen molar-refractivity contribution in [2.45, 2.75) is 284 Å². The van der Waals surface area contributed by atoms with Crippen LogP contribution in [0.5, 0.6) is 0 Å². The minimum atomic E-state index is -0.628. The van der Waals surface area contributed by atoms with Gasteiger partial charge in [-0.25, -0.2) is 18.2 Å². The fraction of sp³-hybridized carbons (Fsp3) is 0.825. The first-order valence-electron chi connectivity index (χ1n) is 25.7. The second kappa shape index (κ2) is 23.0. The van der Waals surface area contributed by atoms with Crippen molar-refractivity contribution in [1.82, 2.24) is 0 Å². The minimum Gasteiger partial charge on any atom is -0.344 e. The Balaban J connectivity index is 0.00000164. The van der Waals surface area contributed by atoms with Crippen LogP contribution in [0.4, 0.5) is 0 Å². The van der Waals surface area contributed by atoms with E-state index in [-0.39, 0.29) is 40.7 Å². The van der Waals surface area contributed by atoms with Gasteiger partial charge in [-0.1, -0.05) is 194 Å². The molecule has 0 amide bonds. The number of hydrogen-bond acceptors (Lipinski definition) is 3. The van der Waals surface area contributed by atoms with Crippen LogP contribution in [-0.4, -0.2) is 39.3 Å². The second-order valence-corrected chi connectivity index (χ2v) is 29.8. The van der Waals surface area contributed by atoms with Crippen LogP contribution < -0.4 is 0 Å². The molecule has 4 aliphatic rings. The molecule has 4 aliphatic heterocycles. The van der Waals surface area contributed by atoms with Gasteiger partial charge in [0.1, 0.15) is 0 Å². The van der Waals surface area contributed by atoms with Gasteiger partial charge >= 0.3 is 17.1 Å². The summed E-state index contributed by atoms with van der Waals surface area (Å²) in [6.07, 6.45) is 27.7. The van der Waals surface area contributed by atoms with Crippen molar-refractivity contribution in [1.29, 1.82) is 0 Å². The third-order valence-electron chi connectivity index (χ3n) is 14.8. The largest absolute Gasteiger partial charge is 2.00 e. The van der Waals surface area contributed by atoms with Crippen LogP contribution in [-0.2, 0) is 55.7 Å². The summed E-state index contributed by atoms with van der Waals surface area (Å²) in [7, 11) is 2.93. The van der Waals surface area contributed by atoms with Crippen molar-refractivity contribution in [2.24, 2.45) is 10.8 Å². The van der Waals surface area contributed by atoms with Crippen molar-refractivity contribution in [3.05, 3.63) is 58.7 Å². The molecule has 4 saturated heterocycles. The van der Waals surface area contributed by atoms with Gasteiger partial charge in [-0.05, 0) is 74.0 Å². The molecule has 4 heterocycles. The summed E-state index contributed by atoms with van der Waals surface area (Å²) in [5.74, 6) is -1.26. The summed E-state index contributed by atoms with van der Waals surface area (Å²) >= 11 is 0. The van der Waals surface area contributed by atoms with Gasteiger partial charge in [0.2, 0.25) is 0 Å². The topological polar surface area (TPSA) is 27.7 Å². The Morgan fingerprint density at radius 1 is 0.587 bits per heavy atom. The molecule has 0 aliphatic carbocycles. The molecule has 4 fully saturated rings. The molecule has 63 heavy (non-hydrogen) atoms. The van der Waals surface area contributed by atoms with E-state index in [1.807, 2.05) is 30.3 Å². The first kappa shape index (κ1) is 57.3. The predicted molar refractivity (Wildman–Crippen MR) is 277 cm³/mol. The summed E-state index contributed by atoms with van der Waals surface area (Å²) in [6, 6.07) is 12.7. The summed E-state index contributed by atoms with van der Waals surface area (Å²) < 4.78 is 21.3. The van der Waals surface area contributed by atoms with Crippen molar-refractivity contribution in [3.63, 3.8) is 0 Å². The molecule has 6 heteroatoms. The zero-order valence-electron chi connectivity index (χ0n) is 44.1. The van der Waals surface area contributed by atoms with Gasteiger partial charge in [0.05, 0.1) is 11.2 Å². The summed E-state index contributed by atoms with van der Waals surface area (Å²) in [6.45, 7) is 38.5. The standard InChI is InChI=1S/C52H95O3P2.C5H5.Fe/c1-44(2,3)33-29-25-21-17-19-23-27-31-40-35-41(36-57(46(7,8)9)47(10,11)12)43(42(40)32-28-24-20-18-22-26-30-34-45(4,5)6)52(39-56)48(13)37-50(15)54-49(52,14)38-51(16,53-48)55-50;1-2-4-5-3-1;/h35H,17-34,36-39,56H2,1-16H3;1-5H;/q2*-1;+2. The molecule has 2 aromatic rings. The Bertz CT molecular complexity index is 1540. The molecule has 0 N–H and O–H groups in total. The number of hydrogen-bond donors (Lipinski definition) is 0. The summed E-state index contributed by atoms with van der Waals surface area (Å²) in [4.78, 5) is 0. The van der Waals surface area contributed by atoms with E-state index < -0.39 is 22.8 Å². The monoisotopic (exact) mass is 951 g/mol. The van der Waals surface area contributed by atoms with Crippen LogP contribution in [0.2, 0.25) is 0 Å². The zero-order valence-corrected chi connectivity index (χ0v) is 47.3. The van der Waals surface area contributed by atoms with Crippen molar-refractivity contribution in [3.8, 4) is 0 Å². The van der Waals surface area contributed by atoms with E-state index in [1.165, 1.54) is 116 Å². The van der Waals surface area contributed by atoms with Gasteiger partial charge in [-0.3, -0.25) is 0 Å². The van der Waals surface area contributed by atoms with Crippen LogP contribution in [0, 0.1) is 10.8 Å². The quantitative estimate of drug-likeness (QED) is 0.0509. The summed E-state index contributed by atoms with van der Waals surface area (Å²) in [5, 5.41) is 0.492. The normalized spacial score (nSPS) is 27.1. The molecular formula is C57H100FeO3P2. The number of aryl methyl sites for hydroxylation is 1. The molecule has 0 spiro atoms. The maximum atomic E-state index is 7.32. The van der Waals surface area contributed by atoms with Crippen LogP contribution in [0.15, 0.2) is 36.4 Å². The third-order valence-corrected chi connectivity index (χ3v) is 19.3. The Hall–Kier alpha value is -0.0405. The van der Waals surface area contributed by atoms with Gasteiger partial charge in [0.25, 0.3) is 0 Å². The molecule has 3 nitrogen and oxygen atoms in total. The number of ether oxygens (including phenoxy) is 3. The van der Waals surface area contributed by atoms with E-state index in [0.29, 0.717) is 10.8 Å². The van der Waals surface area contributed by atoms with Crippen LogP contribution >= 0.6 is 17.2 Å². The molecule has 5 unspecified atom stereocenters. The maximum Gasteiger partial charge on any atom is 2.00 e. The second-order valence-electron chi connectivity index (χ2n) is 25.5. The molecule has 364 valence electrons. The van der Waals surface area contributed by atoms with E-state index >= 15 is 0 Å². The Morgan fingerprint density at radius 2 is 0.984 bits per heavy atom. The predicted octanol–water partition coefficient (Wildman–Crippen LogP) is 17.7. The Morgan fingerprint density at radius 3 is 1.35 bits per heavy atom. The van der Waals surface area contributed by atoms with Crippen LogP contribution in [0.1, 0.15) is 249 Å². The van der Waals surface area contributed by atoms with Gasteiger partial charge in [0.15, 0.2) is 11.6 Å². The average molecular weight is 951 g/mol. The SMILES string of the molecule is CC(C)(C)CCCCCCCCCc1cc(CP(C(C)(C)C)C(C)(C)C)[c-](C2(CP)C3(C)CC4(C)OC(C)(CC2(C)O4)O3)c1CCCCCCCCCC(C)(C)C.[Fe+2].c1cc[cH-]c1. The third kappa shape index (κ3) is 15.5. The van der Waals surface area contributed by atoms with Crippen LogP contribution in [0.3, 0.4) is 0 Å². The fourth-order valence-electron chi connectivity index (χ4n) is 12.5. The van der Waals surface area contributed by atoms with E-state index in [0.717, 1.165) is 25.2 Å². The minimum absolute atomic E-state index is 0. The van der Waals surface area contributed by atoms with Gasteiger partial charge in [-0.15, -0.1) is 14.8 Å². The first-order valence-corrected chi connectivity index (χ1v) is 28.0. The molecule has 6 rings (SSSR count). The van der Waals surface area contributed by atoms with E-state index in [4.69, 9.17) is 14.2 Å². The number of unbranched alkanes of at least 4 members (excludes halogenated alkanes) is 12. The van der Waals surface area contributed by atoms with E-state index in [2.05, 4.69) is 126 Å². The summed E-state index contributed by atoms with van der Waals surface area (Å²) in [5.41, 5.74) is 6.41. The zero-order chi connectivity index (χ0) is 46.3. The van der Waals surface area contributed by atoms with E-state index in [1.54, 1.807) is 22.3 Å². The molecule has 0 saturated carbocycles.